The first-order valence-corrected chi connectivity index (χ1v) is 13.5. The van der Waals surface area contributed by atoms with Crippen LogP contribution in [-0.2, 0) is 24.3 Å². The summed E-state index contributed by atoms with van der Waals surface area (Å²) in [5, 5.41) is 12.4. The molecule has 0 bridgehead atoms. The van der Waals surface area contributed by atoms with Gasteiger partial charge in [0.2, 0.25) is 16.3 Å². The Bertz CT molecular complexity index is 1150. The number of aliphatic hydroxyl groups excluding tert-OH is 1. The second-order valence-corrected chi connectivity index (χ2v) is 10.7. The summed E-state index contributed by atoms with van der Waals surface area (Å²) in [6.45, 7) is -0.373. The second-order valence-electron chi connectivity index (χ2n) is 8.75. The number of methoxy groups -OCH3 is 1. The molecule has 0 spiro atoms. The monoisotopic (exact) mass is 516 g/mol. The largest absolute Gasteiger partial charge is 0.497 e. The number of amides is 1. The van der Waals surface area contributed by atoms with Crippen LogP contribution in [0.5, 0.6) is 5.75 Å². The van der Waals surface area contributed by atoms with E-state index in [-0.39, 0.29) is 54.8 Å². The van der Waals surface area contributed by atoms with Gasteiger partial charge >= 0.3 is 0 Å². The van der Waals surface area contributed by atoms with Crippen LogP contribution in [0.1, 0.15) is 30.7 Å². The van der Waals surface area contributed by atoms with Gasteiger partial charge in [0, 0.05) is 31.5 Å². The summed E-state index contributed by atoms with van der Waals surface area (Å²) in [6.07, 6.45) is 3.50. The van der Waals surface area contributed by atoms with Gasteiger partial charge in [-0.05, 0) is 48.7 Å². The number of nitrogens with one attached hydrogen (secondary N) is 1. The van der Waals surface area contributed by atoms with Crippen molar-refractivity contribution in [2.24, 2.45) is 0 Å². The molecule has 194 valence electrons. The van der Waals surface area contributed by atoms with Gasteiger partial charge in [-0.1, -0.05) is 30.3 Å². The molecule has 4 rings (SSSR count). The number of hydrogen-bond acceptors (Lipinski definition) is 7. The van der Waals surface area contributed by atoms with Crippen molar-refractivity contribution in [1.29, 1.82) is 0 Å². The first-order valence-electron chi connectivity index (χ1n) is 12.0. The number of benzene rings is 2. The highest BCUT2D eigenvalue weighted by Crippen LogP contribution is 2.32. The van der Waals surface area contributed by atoms with Gasteiger partial charge in [-0.15, -0.1) is 0 Å². The maximum Gasteiger partial charge on any atom is 0.286 e. The van der Waals surface area contributed by atoms with Crippen molar-refractivity contribution < 1.29 is 32.5 Å². The average Bonchev–Trinajstić information content (AvgIpc) is 3.72. The third-order valence-corrected chi connectivity index (χ3v) is 8.03. The fourth-order valence-electron chi connectivity index (χ4n) is 3.98. The number of rotatable bonds is 12. The quantitative estimate of drug-likeness (QED) is 0.445. The summed E-state index contributed by atoms with van der Waals surface area (Å²) in [6, 6.07) is 16.0. The van der Waals surface area contributed by atoms with Gasteiger partial charge in [-0.25, -0.2) is 8.42 Å². The van der Waals surface area contributed by atoms with E-state index in [1.54, 1.807) is 12.1 Å². The summed E-state index contributed by atoms with van der Waals surface area (Å²) in [7, 11) is -2.35. The van der Waals surface area contributed by atoms with Crippen LogP contribution in [0.2, 0.25) is 0 Å². The highest BCUT2D eigenvalue weighted by molar-refractivity contribution is 7.89. The summed E-state index contributed by atoms with van der Waals surface area (Å²) in [4.78, 5) is 12.8. The van der Waals surface area contributed by atoms with Crippen molar-refractivity contribution in [2.45, 2.75) is 42.4 Å². The van der Waals surface area contributed by atoms with Crippen LogP contribution < -0.4 is 10.1 Å². The maximum atomic E-state index is 13.1. The van der Waals surface area contributed by atoms with Crippen molar-refractivity contribution in [2.75, 3.05) is 33.4 Å². The van der Waals surface area contributed by atoms with Crippen LogP contribution in [0.25, 0.3) is 0 Å². The van der Waals surface area contributed by atoms with Gasteiger partial charge in [-0.3, -0.25) is 4.79 Å². The van der Waals surface area contributed by atoms with Gasteiger partial charge in [0.1, 0.15) is 5.75 Å². The summed E-state index contributed by atoms with van der Waals surface area (Å²) in [5.74, 6) is 0.408. The molecule has 2 aliphatic rings. The van der Waals surface area contributed by atoms with E-state index < -0.39 is 16.3 Å². The molecule has 1 saturated carbocycles. The maximum absolute atomic E-state index is 13.1. The Morgan fingerprint density at radius 1 is 1.11 bits per heavy atom. The van der Waals surface area contributed by atoms with Crippen LogP contribution in [0, 0.1) is 0 Å². The first-order chi connectivity index (χ1) is 17.4. The topological polar surface area (TPSA) is 114 Å². The minimum atomic E-state index is -3.85. The third-order valence-electron chi connectivity index (χ3n) is 6.11. The molecule has 9 nitrogen and oxygen atoms in total. The number of nitrogens with zero attached hydrogens (tertiary/aromatic N) is 1. The number of ether oxygens (including phenoxy) is 3. The Hall–Kier alpha value is -2.92. The predicted molar refractivity (Wildman–Crippen MR) is 133 cm³/mol. The van der Waals surface area contributed by atoms with Gasteiger partial charge in [0.25, 0.3) is 5.91 Å². The van der Waals surface area contributed by atoms with Crippen molar-refractivity contribution >= 4 is 15.9 Å². The summed E-state index contributed by atoms with van der Waals surface area (Å²) < 4.78 is 44.3. The molecule has 1 aliphatic carbocycles. The lowest BCUT2D eigenvalue weighted by atomic mass is 9.93. The van der Waals surface area contributed by atoms with Gasteiger partial charge < -0.3 is 24.6 Å². The molecule has 0 radical (unpaired) electrons. The van der Waals surface area contributed by atoms with Crippen molar-refractivity contribution in [1.82, 2.24) is 9.62 Å². The zero-order valence-electron chi connectivity index (χ0n) is 20.2. The van der Waals surface area contributed by atoms with E-state index in [9.17, 15) is 18.3 Å². The lowest BCUT2D eigenvalue weighted by molar-refractivity contribution is -0.146. The van der Waals surface area contributed by atoms with E-state index in [4.69, 9.17) is 14.2 Å². The van der Waals surface area contributed by atoms with Crippen molar-refractivity contribution in [3.63, 3.8) is 0 Å². The van der Waals surface area contributed by atoms with Gasteiger partial charge in [0.15, 0.2) is 5.76 Å². The average molecular weight is 517 g/mol. The Kier molecular flexibility index (Phi) is 8.63. The Balaban J connectivity index is 1.42. The molecule has 1 fully saturated rings. The highest BCUT2D eigenvalue weighted by Gasteiger charge is 2.32. The van der Waals surface area contributed by atoms with E-state index in [0.29, 0.717) is 12.2 Å². The zero-order chi connectivity index (χ0) is 25.5. The Labute approximate surface area is 211 Å². The number of allylic oxidation sites excluding steroid dienone is 1. The lowest BCUT2D eigenvalue weighted by Crippen LogP contribution is -2.38. The standard InChI is InChI=1S/C26H32N2O7S/c1-33-22-9-11-23(12-10-22)36(31,32)28(13-15-29)14-16-34-25-18-20(19-5-3-2-4-6-19)17-24(35-25)26(30)27-21-7-8-21/h2-6,9-12,17,20-21,25,29H,7-8,13-16,18H2,1H3,(H,27,30)/t20-,25+/m0/s1. The molecule has 1 heterocycles. The molecule has 1 aliphatic heterocycles. The van der Waals surface area contributed by atoms with Gasteiger partial charge in [0.05, 0.1) is 25.2 Å². The fourth-order valence-corrected chi connectivity index (χ4v) is 5.40. The van der Waals surface area contributed by atoms with E-state index in [1.807, 2.05) is 36.4 Å². The lowest BCUT2D eigenvalue weighted by Gasteiger charge is -2.30. The van der Waals surface area contributed by atoms with Crippen LogP contribution in [-0.4, -0.2) is 69.5 Å². The SMILES string of the molecule is COc1ccc(S(=O)(=O)N(CCO)CCO[C@H]2C[C@@H](c3ccccc3)C=C(C(=O)NC3CC3)O2)cc1. The minimum absolute atomic E-state index is 0.0120. The van der Waals surface area contributed by atoms with Crippen LogP contribution in [0.3, 0.4) is 0 Å². The van der Waals surface area contributed by atoms with Crippen molar-refractivity contribution in [3.05, 3.63) is 72.0 Å². The molecular weight excluding hydrogens is 484 g/mol. The summed E-state index contributed by atoms with van der Waals surface area (Å²) >= 11 is 0. The zero-order valence-corrected chi connectivity index (χ0v) is 21.0. The van der Waals surface area contributed by atoms with Crippen LogP contribution in [0.15, 0.2) is 71.3 Å². The number of carbonyl (C=O) groups is 1. The molecular formula is C26H32N2O7S. The molecule has 10 heteroatoms. The number of hydrogen-bond donors (Lipinski definition) is 2. The van der Waals surface area contributed by atoms with Crippen LogP contribution in [0.4, 0.5) is 0 Å². The molecule has 2 atom stereocenters. The number of sulfonamides is 1. The van der Waals surface area contributed by atoms with E-state index in [2.05, 4.69) is 5.32 Å². The smallest absolute Gasteiger partial charge is 0.286 e. The van der Waals surface area contributed by atoms with Gasteiger partial charge in [-0.2, -0.15) is 4.31 Å². The normalized spacial score (nSPS) is 19.9. The third kappa shape index (κ3) is 6.64. The minimum Gasteiger partial charge on any atom is -0.497 e. The Morgan fingerprint density at radius 2 is 1.83 bits per heavy atom. The summed E-state index contributed by atoms with van der Waals surface area (Å²) in [5.41, 5.74) is 1.04. The molecule has 2 aromatic rings. The molecule has 0 saturated heterocycles. The molecule has 2 aromatic carbocycles. The Morgan fingerprint density at radius 3 is 2.47 bits per heavy atom. The molecule has 36 heavy (non-hydrogen) atoms. The van der Waals surface area contributed by atoms with Crippen molar-refractivity contribution in [3.8, 4) is 5.75 Å². The predicted octanol–water partition coefficient (Wildman–Crippen LogP) is 2.39. The number of carbonyl (C=O) groups excluding carboxylic acids is 1. The second kappa shape index (κ2) is 11.9. The van der Waals surface area contributed by atoms with E-state index in [0.717, 1.165) is 18.4 Å². The molecule has 2 N–H and O–H groups in total. The van der Waals surface area contributed by atoms with E-state index in [1.165, 1.54) is 23.5 Å². The number of aliphatic hydroxyl groups is 1. The highest BCUT2D eigenvalue weighted by atomic mass is 32.2. The molecule has 0 aromatic heterocycles. The van der Waals surface area contributed by atoms with E-state index >= 15 is 0 Å². The molecule has 1 amide bonds. The first kappa shape index (κ1) is 26.2. The molecule has 0 unspecified atom stereocenters. The van der Waals surface area contributed by atoms with Crippen LogP contribution >= 0.6 is 0 Å². The fraction of sp³-hybridized carbons (Fsp3) is 0.423.